The van der Waals surface area contributed by atoms with Gasteiger partial charge in [-0.1, -0.05) is 30.3 Å². The van der Waals surface area contributed by atoms with E-state index in [1.807, 2.05) is 55.5 Å². The largest absolute Gasteiger partial charge is 0.497 e. The number of ketones is 1. The van der Waals surface area contributed by atoms with Crippen molar-refractivity contribution in [2.75, 3.05) is 19.0 Å². The van der Waals surface area contributed by atoms with E-state index in [9.17, 15) is 4.79 Å². The highest BCUT2D eigenvalue weighted by atomic mass is 16.5. The van der Waals surface area contributed by atoms with Crippen molar-refractivity contribution in [3.63, 3.8) is 0 Å². The number of aryl methyl sites for hydroxylation is 1. The van der Waals surface area contributed by atoms with Crippen LogP contribution in [0.3, 0.4) is 0 Å². The minimum atomic E-state index is 0.0940. The van der Waals surface area contributed by atoms with Crippen molar-refractivity contribution in [3.05, 3.63) is 65.9 Å². The van der Waals surface area contributed by atoms with E-state index in [-0.39, 0.29) is 5.78 Å². The van der Waals surface area contributed by atoms with Crippen molar-refractivity contribution < 1.29 is 9.53 Å². The van der Waals surface area contributed by atoms with E-state index in [2.05, 4.69) is 10.3 Å². The molecule has 1 N–H and O–H groups in total. The Morgan fingerprint density at radius 1 is 1.12 bits per heavy atom. The Balaban J connectivity index is 1.69. The second-order valence-electron chi connectivity index (χ2n) is 5.66. The molecule has 24 heavy (non-hydrogen) atoms. The van der Waals surface area contributed by atoms with Gasteiger partial charge >= 0.3 is 0 Å². The Morgan fingerprint density at radius 3 is 2.79 bits per heavy atom. The second-order valence-corrected chi connectivity index (χ2v) is 5.66. The first-order chi connectivity index (χ1) is 11.7. The zero-order chi connectivity index (χ0) is 16.9. The van der Waals surface area contributed by atoms with Gasteiger partial charge in [0.15, 0.2) is 5.78 Å². The summed E-state index contributed by atoms with van der Waals surface area (Å²) in [6.45, 7) is 2.54. The summed E-state index contributed by atoms with van der Waals surface area (Å²) in [5, 5.41) is 4.43. The maximum Gasteiger partial charge on any atom is 0.164 e. The van der Waals surface area contributed by atoms with E-state index in [0.717, 1.165) is 22.3 Å². The van der Waals surface area contributed by atoms with Crippen LogP contribution in [-0.4, -0.2) is 24.4 Å². The van der Waals surface area contributed by atoms with Gasteiger partial charge in [-0.3, -0.25) is 9.78 Å². The SMILES string of the molecule is COc1cccc(C(=O)CCNc2cc(C)nc3ccccc23)c1. The Labute approximate surface area is 141 Å². The second kappa shape index (κ2) is 7.13. The smallest absolute Gasteiger partial charge is 0.164 e. The number of anilines is 1. The third-order valence-electron chi connectivity index (χ3n) is 3.90. The summed E-state index contributed by atoms with van der Waals surface area (Å²) >= 11 is 0. The van der Waals surface area contributed by atoms with E-state index >= 15 is 0 Å². The molecule has 0 spiro atoms. The number of benzene rings is 2. The number of ether oxygens (including phenoxy) is 1. The molecule has 0 aliphatic carbocycles. The molecule has 0 aliphatic rings. The van der Waals surface area contributed by atoms with Gasteiger partial charge in [-0.15, -0.1) is 0 Å². The number of aromatic nitrogens is 1. The molecule has 4 nitrogen and oxygen atoms in total. The summed E-state index contributed by atoms with van der Waals surface area (Å²) in [4.78, 5) is 16.9. The van der Waals surface area contributed by atoms with Gasteiger partial charge in [0, 0.05) is 35.3 Å². The van der Waals surface area contributed by atoms with Crippen molar-refractivity contribution in [2.45, 2.75) is 13.3 Å². The highest BCUT2D eigenvalue weighted by Crippen LogP contribution is 2.23. The molecule has 0 saturated heterocycles. The fourth-order valence-corrected chi connectivity index (χ4v) is 2.71. The molecule has 0 amide bonds. The molecule has 2 aromatic carbocycles. The van der Waals surface area contributed by atoms with Crippen LogP contribution in [0.4, 0.5) is 5.69 Å². The van der Waals surface area contributed by atoms with Crippen LogP contribution in [0.1, 0.15) is 22.5 Å². The lowest BCUT2D eigenvalue weighted by Crippen LogP contribution is -2.09. The monoisotopic (exact) mass is 320 g/mol. The predicted molar refractivity (Wildman–Crippen MR) is 96.9 cm³/mol. The van der Waals surface area contributed by atoms with E-state index in [4.69, 9.17) is 4.74 Å². The van der Waals surface area contributed by atoms with Gasteiger partial charge in [-0.2, -0.15) is 0 Å². The Morgan fingerprint density at radius 2 is 1.96 bits per heavy atom. The molecule has 0 radical (unpaired) electrons. The van der Waals surface area contributed by atoms with Crippen LogP contribution in [0.2, 0.25) is 0 Å². The van der Waals surface area contributed by atoms with Crippen LogP contribution < -0.4 is 10.1 Å². The van der Waals surface area contributed by atoms with Crippen LogP contribution >= 0.6 is 0 Å². The first-order valence-corrected chi connectivity index (χ1v) is 7.95. The molecule has 0 unspecified atom stereocenters. The van der Waals surface area contributed by atoms with E-state index in [0.29, 0.717) is 24.3 Å². The Bertz CT molecular complexity index is 874. The van der Waals surface area contributed by atoms with Gasteiger partial charge in [0.1, 0.15) is 5.75 Å². The van der Waals surface area contributed by atoms with Crippen LogP contribution in [0.25, 0.3) is 10.9 Å². The summed E-state index contributed by atoms with van der Waals surface area (Å²) in [6.07, 6.45) is 0.420. The molecule has 1 aromatic heterocycles. The molecule has 3 aromatic rings. The van der Waals surface area contributed by atoms with Crippen molar-refractivity contribution in [1.29, 1.82) is 0 Å². The number of Topliss-reactive ketones (excluding diaryl/α,β-unsaturated/α-hetero) is 1. The number of nitrogens with zero attached hydrogens (tertiary/aromatic N) is 1. The first kappa shape index (κ1) is 16.0. The van der Waals surface area contributed by atoms with Crippen LogP contribution in [-0.2, 0) is 0 Å². The molecule has 122 valence electrons. The van der Waals surface area contributed by atoms with Gasteiger partial charge in [-0.25, -0.2) is 0 Å². The number of methoxy groups -OCH3 is 1. The standard InChI is InChI=1S/C20H20N2O2/c1-14-12-19(17-8-3-4-9-18(17)22-14)21-11-10-20(23)15-6-5-7-16(13-15)24-2/h3-9,12-13H,10-11H2,1-2H3,(H,21,22). The fraction of sp³-hybridized carbons (Fsp3) is 0.200. The normalized spacial score (nSPS) is 10.6. The molecular formula is C20H20N2O2. The maximum atomic E-state index is 12.3. The molecule has 0 fully saturated rings. The molecule has 3 rings (SSSR count). The molecule has 0 aliphatic heterocycles. The number of carbonyl (C=O) groups excluding carboxylic acids is 1. The number of rotatable bonds is 6. The third kappa shape index (κ3) is 3.54. The summed E-state index contributed by atoms with van der Waals surface area (Å²) in [7, 11) is 1.60. The van der Waals surface area contributed by atoms with Crippen LogP contribution in [0.15, 0.2) is 54.6 Å². The maximum absolute atomic E-state index is 12.3. The van der Waals surface area contributed by atoms with E-state index in [1.54, 1.807) is 13.2 Å². The zero-order valence-electron chi connectivity index (χ0n) is 13.9. The number of carbonyl (C=O) groups is 1. The van der Waals surface area contributed by atoms with Gasteiger partial charge in [0.05, 0.1) is 12.6 Å². The summed E-state index contributed by atoms with van der Waals surface area (Å²) < 4.78 is 5.17. The van der Waals surface area contributed by atoms with Crippen molar-refractivity contribution in [1.82, 2.24) is 4.98 Å². The minimum absolute atomic E-state index is 0.0940. The van der Waals surface area contributed by atoms with Crippen LogP contribution in [0.5, 0.6) is 5.75 Å². The topological polar surface area (TPSA) is 51.2 Å². The number of para-hydroxylation sites is 1. The number of pyridine rings is 1. The first-order valence-electron chi connectivity index (χ1n) is 7.95. The highest BCUT2D eigenvalue weighted by Gasteiger charge is 2.08. The Hall–Kier alpha value is -2.88. The molecule has 0 bridgehead atoms. The molecule has 1 heterocycles. The number of fused-ring (bicyclic) bond motifs is 1. The van der Waals surface area contributed by atoms with Gasteiger partial charge in [0.25, 0.3) is 0 Å². The summed E-state index contributed by atoms with van der Waals surface area (Å²) in [5.74, 6) is 0.793. The minimum Gasteiger partial charge on any atom is -0.497 e. The number of hydrogen-bond donors (Lipinski definition) is 1. The third-order valence-corrected chi connectivity index (χ3v) is 3.90. The highest BCUT2D eigenvalue weighted by molar-refractivity contribution is 5.97. The Kier molecular flexibility index (Phi) is 4.75. The van der Waals surface area contributed by atoms with E-state index < -0.39 is 0 Å². The zero-order valence-corrected chi connectivity index (χ0v) is 13.9. The molecular weight excluding hydrogens is 300 g/mol. The predicted octanol–water partition coefficient (Wildman–Crippen LogP) is 4.24. The lowest BCUT2D eigenvalue weighted by Gasteiger charge is -2.10. The summed E-state index contributed by atoms with van der Waals surface area (Å²) in [6, 6.07) is 17.3. The molecule has 0 atom stereocenters. The quantitative estimate of drug-likeness (QED) is 0.690. The average molecular weight is 320 g/mol. The average Bonchev–Trinajstić information content (AvgIpc) is 2.61. The van der Waals surface area contributed by atoms with Gasteiger partial charge in [0.2, 0.25) is 0 Å². The number of hydrogen-bond acceptors (Lipinski definition) is 4. The van der Waals surface area contributed by atoms with Gasteiger partial charge < -0.3 is 10.1 Å². The van der Waals surface area contributed by atoms with E-state index in [1.165, 1.54) is 0 Å². The lowest BCUT2D eigenvalue weighted by molar-refractivity contribution is 0.0986. The number of nitrogens with one attached hydrogen (secondary N) is 1. The molecule has 4 heteroatoms. The van der Waals surface area contributed by atoms with Crippen molar-refractivity contribution in [3.8, 4) is 5.75 Å². The fourth-order valence-electron chi connectivity index (χ4n) is 2.71. The van der Waals surface area contributed by atoms with Gasteiger partial charge in [-0.05, 0) is 31.2 Å². The van der Waals surface area contributed by atoms with Crippen molar-refractivity contribution >= 4 is 22.4 Å². The summed E-state index contributed by atoms with van der Waals surface area (Å²) in [5.41, 5.74) is 3.60. The van der Waals surface area contributed by atoms with Crippen molar-refractivity contribution in [2.24, 2.45) is 0 Å². The lowest BCUT2D eigenvalue weighted by atomic mass is 10.1. The van der Waals surface area contributed by atoms with Crippen LogP contribution in [0, 0.1) is 6.92 Å². The molecule has 0 saturated carbocycles.